The summed E-state index contributed by atoms with van der Waals surface area (Å²) < 4.78 is 25.1. The van der Waals surface area contributed by atoms with E-state index in [0.717, 1.165) is 18.4 Å². The number of rotatable bonds is 4. The number of aryl methyl sites for hydroxylation is 1. The molecule has 0 aromatic heterocycles. The lowest BCUT2D eigenvalue weighted by Gasteiger charge is -2.34. The van der Waals surface area contributed by atoms with E-state index in [4.69, 9.17) is 9.47 Å². The second-order valence-electron chi connectivity index (χ2n) is 7.70. The van der Waals surface area contributed by atoms with Crippen LogP contribution in [-0.4, -0.2) is 49.3 Å². The van der Waals surface area contributed by atoms with E-state index >= 15 is 0 Å². The number of hydrogen-bond acceptors (Lipinski definition) is 4. The highest BCUT2D eigenvalue weighted by molar-refractivity contribution is 6.05. The van der Waals surface area contributed by atoms with Gasteiger partial charge in [0.15, 0.2) is 6.29 Å². The number of hydrogen-bond donors (Lipinski definition) is 1. The molecule has 4 rings (SSSR count). The number of carbonyl (C=O) groups is 2. The van der Waals surface area contributed by atoms with Gasteiger partial charge in [-0.3, -0.25) is 9.59 Å². The molecule has 0 spiro atoms. The monoisotopic (exact) mass is 412 g/mol. The first kappa shape index (κ1) is 20.5. The van der Waals surface area contributed by atoms with Gasteiger partial charge in [-0.1, -0.05) is 18.2 Å². The summed E-state index contributed by atoms with van der Waals surface area (Å²) in [5, 5.41) is 2.73. The Balaban J connectivity index is 1.43. The van der Waals surface area contributed by atoms with E-state index in [1.165, 1.54) is 18.2 Å². The van der Waals surface area contributed by atoms with Crippen LogP contribution in [0.2, 0.25) is 0 Å². The molecule has 0 bridgehead atoms. The van der Waals surface area contributed by atoms with Crippen LogP contribution in [0.3, 0.4) is 0 Å². The molecule has 2 fully saturated rings. The van der Waals surface area contributed by atoms with Crippen molar-refractivity contribution in [3.05, 3.63) is 65.0 Å². The van der Waals surface area contributed by atoms with Gasteiger partial charge in [0.2, 0.25) is 0 Å². The summed E-state index contributed by atoms with van der Waals surface area (Å²) in [6.45, 7) is 4.37. The molecule has 2 aromatic carbocycles. The number of carbonyl (C=O) groups excluding carboxylic acids is 2. The Morgan fingerprint density at radius 2 is 1.77 bits per heavy atom. The first-order valence-corrected chi connectivity index (χ1v) is 10.2. The standard InChI is InChI=1S/C23H25FN2O4/c1-15-6-7-17(14-20(15)25-21(27)18-4-2-3-5-19(18)24)22(28)26-10-8-16(9-11-26)23-29-12-13-30-23/h2-7,14,16,23H,8-13H2,1H3,(H,25,27). The second kappa shape index (κ2) is 8.93. The fraction of sp³-hybridized carbons (Fsp3) is 0.391. The largest absolute Gasteiger partial charge is 0.350 e. The third-order valence-electron chi connectivity index (χ3n) is 5.71. The van der Waals surface area contributed by atoms with E-state index in [9.17, 15) is 14.0 Å². The number of piperidine rings is 1. The molecule has 2 aromatic rings. The number of likely N-dealkylation sites (tertiary alicyclic amines) is 1. The fourth-order valence-corrected chi connectivity index (χ4v) is 3.93. The van der Waals surface area contributed by atoms with Crippen LogP contribution in [0, 0.1) is 18.7 Å². The zero-order valence-corrected chi connectivity index (χ0v) is 16.9. The molecule has 1 N–H and O–H groups in total. The van der Waals surface area contributed by atoms with Crippen LogP contribution in [-0.2, 0) is 9.47 Å². The molecule has 7 heteroatoms. The predicted octanol–water partition coefficient (Wildman–Crippen LogP) is 3.61. The Morgan fingerprint density at radius 1 is 1.07 bits per heavy atom. The van der Waals surface area contributed by atoms with E-state index in [1.54, 1.807) is 24.3 Å². The van der Waals surface area contributed by atoms with Crippen molar-refractivity contribution in [1.29, 1.82) is 0 Å². The van der Waals surface area contributed by atoms with Gasteiger partial charge in [-0.2, -0.15) is 0 Å². The molecule has 0 unspecified atom stereocenters. The highest BCUT2D eigenvalue weighted by Crippen LogP contribution is 2.27. The van der Waals surface area contributed by atoms with Crippen molar-refractivity contribution in [3.63, 3.8) is 0 Å². The van der Waals surface area contributed by atoms with Crippen LogP contribution in [0.15, 0.2) is 42.5 Å². The predicted molar refractivity (Wildman–Crippen MR) is 110 cm³/mol. The van der Waals surface area contributed by atoms with Gasteiger partial charge in [0.05, 0.1) is 18.8 Å². The highest BCUT2D eigenvalue weighted by Gasteiger charge is 2.32. The number of amides is 2. The summed E-state index contributed by atoms with van der Waals surface area (Å²) in [6, 6.07) is 11.0. The Bertz CT molecular complexity index is 935. The molecular formula is C23H25FN2O4. The minimum Gasteiger partial charge on any atom is -0.350 e. The zero-order valence-electron chi connectivity index (χ0n) is 16.9. The maximum atomic E-state index is 13.9. The fourth-order valence-electron chi connectivity index (χ4n) is 3.93. The summed E-state index contributed by atoms with van der Waals surface area (Å²) in [5.41, 5.74) is 1.76. The molecular weight excluding hydrogens is 387 g/mol. The topological polar surface area (TPSA) is 67.9 Å². The highest BCUT2D eigenvalue weighted by atomic mass is 19.1. The number of halogens is 1. The quantitative estimate of drug-likeness (QED) is 0.833. The molecule has 2 amide bonds. The van der Waals surface area contributed by atoms with Crippen molar-refractivity contribution in [2.45, 2.75) is 26.1 Å². The van der Waals surface area contributed by atoms with E-state index in [0.29, 0.717) is 43.5 Å². The Labute approximate surface area is 175 Å². The van der Waals surface area contributed by atoms with E-state index in [-0.39, 0.29) is 17.8 Å². The van der Waals surface area contributed by atoms with Crippen molar-refractivity contribution >= 4 is 17.5 Å². The summed E-state index contributed by atoms with van der Waals surface area (Å²) >= 11 is 0. The van der Waals surface area contributed by atoms with Gasteiger partial charge >= 0.3 is 0 Å². The number of ether oxygens (including phenoxy) is 2. The molecule has 6 nitrogen and oxygen atoms in total. The van der Waals surface area contributed by atoms with Crippen molar-refractivity contribution in [1.82, 2.24) is 4.90 Å². The molecule has 2 aliphatic heterocycles. The number of nitrogens with zero attached hydrogens (tertiary/aromatic N) is 1. The van der Waals surface area contributed by atoms with Crippen molar-refractivity contribution in [2.75, 3.05) is 31.6 Å². The molecule has 30 heavy (non-hydrogen) atoms. The van der Waals surface area contributed by atoms with E-state index in [2.05, 4.69) is 5.32 Å². The average molecular weight is 412 g/mol. The zero-order chi connectivity index (χ0) is 21.1. The third kappa shape index (κ3) is 4.37. The molecule has 158 valence electrons. The van der Waals surface area contributed by atoms with Crippen LogP contribution in [0.5, 0.6) is 0 Å². The van der Waals surface area contributed by atoms with Gasteiger partial charge in [-0.25, -0.2) is 4.39 Å². The lowest BCUT2D eigenvalue weighted by atomic mass is 9.95. The van der Waals surface area contributed by atoms with Crippen LogP contribution >= 0.6 is 0 Å². The SMILES string of the molecule is Cc1ccc(C(=O)N2CCC(C3OCCO3)CC2)cc1NC(=O)c1ccccc1F. The molecule has 0 radical (unpaired) electrons. The summed E-state index contributed by atoms with van der Waals surface area (Å²) in [5.74, 6) is -0.899. The van der Waals surface area contributed by atoms with Crippen LogP contribution in [0.1, 0.15) is 39.1 Å². The van der Waals surface area contributed by atoms with Gasteiger partial charge < -0.3 is 19.7 Å². The first-order valence-electron chi connectivity index (χ1n) is 10.2. The molecule has 0 atom stereocenters. The van der Waals surface area contributed by atoms with E-state index in [1.807, 2.05) is 11.8 Å². The summed E-state index contributed by atoms with van der Waals surface area (Å²) in [7, 11) is 0. The molecule has 2 saturated heterocycles. The maximum absolute atomic E-state index is 13.9. The number of anilines is 1. The van der Waals surface area contributed by atoms with Crippen LogP contribution in [0.4, 0.5) is 10.1 Å². The molecule has 2 heterocycles. The Hall–Kier alpha value is -2.77. The molecule has 2 aliphatic rings. The van der Waals surface area contributed by atoms with Crippen molar-refractivity contribution < 1.29 is 23.5 Å². The second-order valence-corrected chi connectivity index (χ2v) is 7.70. The normalized spacial score (nSPS) is 17.9. The van der Waals surface area contributed by atoms with Gasteiger partial charge in [-0.05, 0) is 49.6 Å². The minimum atomic E-state index is -0.585. The molecule has 0 saturated carbocycles. The van der Waals surface area contributed by atoms with Crippen molar-refractivity contribution in [3.8, 4) is 0 Å². The average Bonchev–Trinajstić information content (AvgIpc) is 3.30. The van der Waals surface area contributed by atoms with Crippen LogP contribution in [0.25, 0.3) is 0 Å². The number of nitrogens with one attached hydrogen (secondary N) is 1. The first-order chi connectivity index (χ1) is 14.5. The van der Waals surface area contributed by atoms with Gasteiger partial charge in [0, 0.05) is 30.3 Å². The summed E-state index contributed by atoms with van der Waals surface area (Å²) in [4.78, 5) is 27.3. The van der Waals surface area contributed by atoms with Gasteiger partial charge in [0.25, 0.3) is 11.8 Å². The Kier molecular flexibility index (Phi) is 6.11. The molecule has 0 aliphatic carbocycles. The van der Waals surface area contributed by atoms with Crippen LogP contribution < -0.4 is 5.32 Å². The van der Waals surface area contributed by atoms with Gasteiger partial charge in [-0.15, -0.1) is 0 Å². The third-order valence-corrected chi connectivity index (χ3v) is 5.71. The summed E-state index contributed by atoms with van der Waals surface area (Å²) in [6.07, 6.45) is 1.51. The van der Waals surface area contributed by atoms with E-state index < -0.39 is 11.7 Å². The Morgan fingerprint density at radius 3 is 2.47 bits per heavy atom. The lowest BCUT2D eigenvalue weighted by Crippen LogP contribution is -2.41. The maximum Gasteiger partial charge on any atom is 0.258 e. The minimum absolute atomic E-state index is 0.0351. The lowest BCUT2D eigenvalue weighted by molar-refractivity contribution is -0.0956. The van der Waals surface area contributed by atoms with Gasteiger partial charge in [0.1, 0.15) is 5.82 Å². The number of benzene rings is 2. The van der Waals surface area contributed by atoms with Crippen molar-refractivity contribution in [2.24, 2.45) is 5.92 Å². The smallest absolute Gasteiger partial charge is 0.258 e.